The maximum absolute atomic E-state index is 14.2. The van der Waals surface area contributed by atoms with Crippen LogP contribution in [-0.2, 0) is 6.42 Å². The highest BCUT2D eigenvalue weighted by molar-refractivity contribution is 5.41. The maximum Gasteiger partial charge on any atom is 0.363 e. The van der Waals surface area contributed by atoms with Gasteiger partial charge in [0.2, 0.25) is 0 Å². The predicted molar refractivity (Wildman–Crippen MR) is 85.4 cm³/mol. The molecular formula is C18H12FN2O3. The third-order valence-electron chi connectivity index (χ3n) is 3.37. The second-order valence-electron chi connectivity index (χ2n) is 5.01. The number of pyridine rings is 1. The second-order valence-corrected chi connectivity index (χ2v) is 5.01. The van der Waals surface area contributed by atoms with Crippen LogP contribution in [0.25, 0.3) is 0 Å². The van der Waals surface area contributed by atoms with E-state index in [0.717, 1.165) is 5.56 Å². The molecule has 0 spiro atoms. The molecule has 0 N–H and O–H groups in total. The number of rotatable bonds is 5. The lowest BCUT2D eigenvalue weighted by Gasteiger charge is -2.11. The highest BCUT2D eigenvalue weighted by atomic mass is 19.1. The molecule has 24 heavy (non-hydrogen) atoms. The molecule has 1 aromatic heterocycles. The molecular weight excluding hydrogens is 311 g/mol. The van der Waals surface area contributed by atoms with Crippen LogP contribution < -0.4 is 4.74 Å². The topological polar surface area (TPSA) is 65.3 Å². The van der Waals surface area contributed by atoms with Gasteiger partial charge in [0.25, 0.3) is 0 Å². The van der Waals surface area contributed by atoms with Gasteiger partial charge in [-0.15, -0.1) is 0 Å². The van der Waals surface area contributed by atoms with Crippen molar-refractivity contribution < 1.29 is 14.1 Å². The molecule has 3 aromatic rings. The Bertz CT molecular complexity index is 852. The minimum atomic E-state index is -0.595. The molecule has 1 radical (unpaired) electrons. The van der Waals surface area contributed by atoms with E-state index in [2.05, 4.69) is 11.1 Å². The van der Waals surface area contributed by atoms with E-state index in [9.17, 15) is 14.5 Å². The van der Waals surface area contributed by atoms with Gasteiger partial charge in [-0.1, -0.05) is 30.3 Å². The van der Waals surface area contributed by atoms with Crippen LogP contribution in [0.4, 0.5) is 10.2 Å². The molecule has 6 heteroatoms. The van der Waals surface area contributed by atoms with E-state index in [-0.39, 0.29) is 5.82 Å². The van der Waals surface area contributed by atoms with Crippen molar-refractivity contribution in [2.24, 2.45) is 0 Å². The molecule has 0 saturated heterocycles. The number of halogens is 1. The minimum absolute atomic E-state index is 0.278. The first-order valence-corrected chi connectivity index (χ1v) is 7.15. The standard InChI is InChI=1S/C18H12FN2O3/c19-16-7-4-8-17(15(16)11-13-5-2-1-3-6-13)24-14-9-10-18(20-12-14)21(22)23/h1-6,8-10,12H,11H2. The molecule has 0 aliphatic heterocycles. The highest BCUT2D eigenvalue weighted by Crippen LogP contribution is 2.29. The predicted octanol–water partition coefficient (Wildman–Crippen LogP) is 4.31. The number of nitro groups is 1. The van der Waals surface area contributed by atoms with Gasteiger partial charge >= 0.3 is 5.82 Å². The molecule has 0 atom stereocenters. The van der Waals surface area contributed by atoms with E-state index >= 15 is 0 Å². The lowest BCUT2D eigenvalue weighted by Crippen LogP contribution is -1.98. The average Bonchev–Trinajstić information content (AvgIpc) is 2.59. The molecule has 2 aromatic carbocycles. The van der Waals surface area contributed by atoms with Gasteiger partial charge in [0.05, 0.1) is 0 Å². The summed E-state index contributed by atoms with van der Waals surface area (Å²) in [6.45, 7) is 0. The third-order valence-corrected chi connectivity index (χ3v) is 3.37. The van der Waals surface area contributed by atoms with Crippen molar-refractivity contribution >= 4 is 5.82 Å². The summed E-state index contributed by atoms with van der Waals surface area (Å²) in [5.41, 5.74) is 1.30. The first-order valence-electron chi connectivity index (χ1n) is 7.15. The van der Waals surface area contributed by atoms with E-state index in [1.165, 1.54) is 24.4 Å². The zero-order valence-corrected chi connectivity index (χ0v) is 12.5. The van der Waals surface area contributed by atoms with Crippen LogP contribution in [-0.4, -0.2) is 9.91 Å². The molecule has 0 aliphatic carbocycles. The summed E-state index contributed by atoms with van der Waals surface area (Å²) in [6, 6.07) is 17.6. The molecule has 5 nitrogen and oxygen atoms in total. The maximum atomic E-state index is 14.2. The summed E-state index contributed by atoms with van der Waals surface area (Å²) in [4.78, 5) is 13.7. The highest BCUT2D eigenvalue weighted by Gasteiger charge is 2.13. The van der Waals surface area contributed by atoms with Crippen molar-refractivity contribution in [3.05, 3.63) is 93.9 Å². The Morgan fingerprint density at radius 3 is 2.62 bits per heavy atom. The Morgan fingerprint density at radius 2 is 1.96 bits per heavy atom. The summed E-state index contributed by atoms with van der Waals surface area (Å²) in [5.74, 6) is -0.156. The van der Waals surface area contributed by atoms with E-state index in [0.29, 0.717) is 23.5 Å². The van der Waals surface area contributed by atoms with Gasteiger partial charge in [-0.2, -0.15) is 0 Å². The molecule has 0 fully saturated rings. The van der Waals surface area contributed by atoms with Crippen molar-refractivity contribution in [2.75, 3.05) is 0 Å². The molecule has 0 aliphatic rings. The number of hydrogen-bond acceptors (Lipinski definition) is 4. The molecule has 3 rings (SSSR count). The number of nitrogens with zero attached hydrogens (tertiary/aromatic N) is 2. The Kier molecular flexibility index (Phi) is 4.47. The van der Waals surface area contributed by atoms with E-state index in [4.69, 9.17) is 4.74 Å². The first-order chi connectivity index (χ1) is 11.6. The molecule has 1 heterocycles. The van der Waals surface area contributed by atoms with E-state index in [1.54, 1.807) is 6.07 Å². The second kappa shape index (κ2) is 6.87. The molecule has 119 valence electrons. The van der Waals surface area contributed by atoms with Crippen LogP contribution in [0.2, 0.25) is 0 Å². The zero-order valence-electron chi connectivity index (χ0n) is 12.5. The first kappa shape index (κ1) is 15.6. The van der Waals surface area contributed by atoms with Gasteiger partial charge in [0, 0.05) is 24.1 Å². The third kappa shape index (κ3) is 3.55. The average molecular weight is 323 g/mol. The molecule has 0 bridgehead atoms. The minimum Gasteiger partial charge on any atom is -0.453 e. The summed E-state index contributed by atoms with van der Waals surface area (Å²) in [7, 11) is 0. The molecule has 0 saturated carbocycles. The van der Waals surface area contributed by atoms with E-state index < -0.39 is 10.7 Å². The van der Waals surface area contributed by atoms with Crippen molar-refractivity contribution in [1.29, 1.82) is 0 Å². The fraction of sp³-hybridized carbons (Fsp3) is 0.0556. The Hall–Kier alpha value is -3.28. The van der Waals surface area contributed by atoms with Gasteiger partial charge in [0.1, 0.15) is 11.6 Å². The van der Waals surface area contributed by atoms with Crippen LogP contribution in [0.15, 0.2) is 60.8 Å². The Morgan fingerprint density at radius 1 is 1.17 bits per heavy atom. The van der Waals surface area contributed by atoms with Gasteiger partial charge < -0.3 is 14.9 Å². The number of ether oxygens (including phenoxy) is 1. The fourth-order valence-corrected chi connectivity index (χ4v) is 2.21. The quantitative estimate of drug-likeness (QED) is 0.518. The Balaban J connectivity index is 1.88. The zero-order chi connectivity index (χ0) is 16.9. The SMILES string of the molecule is O=[N+]([O-])c1ccc(Oc2cc[c]c(F)c2Cc2ccccc2)cn1. The monoisotopic (exact) mass is 323 g/mol. The van der Waals surface area contributed by atoms with Gasteiger partial charge in [0.15, 0.2) is 11.9 Å². The van der Waals surface area contributed by atoms with Gasteiger partial charge in [-0.3, -0.25) is 0 Å². The summed E-state index contributed by atoms with van der Waals surface area (Å²) < 4.78 is 19.8. The van der Waals surface area contributed by atoms with Crippen LogP contribution >= 0.6 is 0 Å². The number of hydrogen-bond donors (Lipinski definition) is 0. The Labute approximate surface area is 137 Å². The summed E-state index contributed by atoms with van der Waals surface area (Å²) in [5, 5.41) is 10.6. The van der Waals surface area contributed by atoms with Crippen molar-refractivity contribution in [1.82, 2.24) is 4.98 Å². The van der Waals surface area contributed by atoms with Crippen LogP contribution in [0.1, 0.15) is 11.1 Å². The summed E-state index contributed by atoms with van der Waals surface area (Å²) in [6.07, 6.45) is 1.58. The van der Waals surface area contributed by atoms with Gasteiger partial charge in [-0.25, -0.2) is 4.39 Å². The number of benzene rings is 2. The molecule has 0 amide bonds. The van der Waals surface area contributed by atoms with E-state index in [1.807, 2.05) is 30.3 Å². The van der Waals surface area contributed by atoms with Crippen LogP contribution in [0.5, 0.6) is 11.5 Å². The fourth-order valence-electron chi connectivity index (χ4n) is 2.21. The van der Waals surface area contributed by atoms with Crippen LogP contribution in [0, 0.1) is 22.0 Å². The normalized spacial score (nSPS) is 10.4. The van der Waals surface area contributed by atoms with Crippen molar-refractivity contribution in [2.45, 2.75) is 6.42 Å². The lowest BCUT2D eigenvalue weighted by molar-refractivity contribution is -0.389. The smallest absolute Gasteiger partial charge is 0.363 e. The van der Waals surface area contributed by atoms with Crippen molar-refractivity contribution in [3.8, 4) is 11.5 Å². The molecule has 0 unspecified atom stereocenters. The largest absolute Gasteiger partial charge is 0.453 e. The number of aromatic nitrogens is 1. The lowest BCUT2D eigenvalue weighted by atomic mass is 10.0. The van der Waals surface area contributed by atoms with Crippen molar-refractivity contribution in [3.63, 3.8) is 0 Å². The van der Waals surface area contributed by atoms with Crippen LogP contribution in [0.3, 0.4) is 0 Å². The van der Waals surface area contributed by atoms with Gasteiger partial charge in [-0.05, 0) is 33.7 Å². The summed E-state index contributed by atoms with van der Waals surface area (Å²) >= 11 is 0.